The van der Waals surface area contributed by atoms with E-state index < -0.39 is 0 Å². The maximum atomic E-state index is 12.8. The number of pyridine rings is 1. The molecule has 0 radical (unpaired) electrons. The minimum Gasteiger partial charge on any atom is -0.493 e. The molecule has 6 heteroatoms. The Balaban J connectivity index is 2.01. The maximum absolute atomic E-state index is 12.8. The van der Waals surface area contributed by atoms with E-state index in [-0.39, 0.29) is 5.91 Å². The number of hydrogen-bond acceptors (Lipinski definition) is 5. The van der Waals surface area contributed by atoms with Gasteiger partial charge in [-0.3, -0.25) is 4.79 Å². The third kappa shape index (κ3) is 4.23. The van der Waals surface area contributed by atoms with Gasteiger partial charge in [-0.25, -0.2) is 4.98 Å². The topological polar surface area (TPSA) is 72.5 Å². The summed E-state index contributed by atoms with van der Waals surface area (Å²) >= 11 is 0. The number of nitrogens with zero attached hydrogens (tertiary/aromatic N) is 1. The first kappa shape index (κ1) is 19.6. The Morgan fingerprint density at radius 1 is 1.00 bits per heavy atom. The molecule has 1 aromatic heterocycles. The van der Waals surface area contributed by atoms with Crippen LogP contribution in [0.2, 0.25) is 0 Å². The summed E-state index contributed by atoms with van der Waals surface area (Å²) in [4.78, 5) is 17.6. The Hall–Kier alpha value is -3.12. The highest BCUT2D eigenvalue weighted by molar-refractivity contribution is 6.07. The van der Waals surface area contributed by atoms with Crippen molar-refractivity contribution < 1.29 is 14.3 Å². The molecule has 0 saturated carbocycles. The second-order valence-electron chi connectivity index (χ2n) is 6.25. The molecule has 0 atom stereocenters. The van der Waals surface area contributed by atoms with E-state index in [2.05, 4.69) is 10.6 Å². The molecule has 0 aliphatic carbocycles. The standard InChI is InChI=1S/C22H25N3O3/c1-4-23-11-12-24-22(26)17-14-19(25-18-8-6-5-7-16(17)18)15-9-10-20(27-2)21(13-15)28-3/h5-10,13-14,23H,4,11-12H2,1-3H3,(H,24,26). The lowest BCUT2D eigenvalue weighted by molar-refractivity contribution is 0.0955. The zero-order valence-corrected chi connectivity index (χ0v) is 16.4. The second-order valence-corrected chi connectivity index (χ2v) is 6.25. The molecular weight excluding hydrogens is 354 g/mol. The molecule has 28 heavy (non-hydrogen) atoms. The normalized spacial score (nSPS) is 10.7. The fraction of sp³-hybridized carbons (Fsp3) is 0.273. The van der Waals surface area contributed by atoms with Crippen molar-refractivity contribution in [3.05, 3.63) is 54.1 Å². The lowest BCUT2D eigenvalue weighted by Gasteiger charge is -2.12. The van der Waals surface area contributed by atoms with Gasteiger partial charge in [-0.1, -0.05) is 25.1 Å². The monoisotopic (exact) mass is 379 g/mol. The molecule has 0 spiro atoms. The van der Waals surface area contributed by atoms with Crippen molar-refractivity contribution in [3.63, 3.8) is 0 Å². The third-order valence-corrected chi connectivity index (χ3v) is 4.48. The number of aromatic nitrogens is 1. The number of carbonyl (C=O) groups is 1. The van der Waals surface area contributed by atoms with Crippen LogP contribution in [0, 0.1) is 0 Å². The van der Waals surface area contributed by atoms with E-state index >= 15 is 0 Å². The highest BCUT2D eigenvalue weighted by Gasteiger charge is 2.15. The van der Waals surface area contributed by atoms with Crippen LogP contribution in [-0.2, 0) is 0 Å². The fourth-order valence-electron chi connectivity index (χ4n) is 3.04. The average Bonchev–Trinajstić information content (AvgIpc) is 2.75. The Bertz CT molecular complexity index is 972. The smallest absolute Gasteiger partial charge is 0.252 e. The van der Waals surface area contributed by atoms with Crippen molar-refractivity contribution in [1.82, 2.24) is 15.6 Å². The number of hydrogen-bond donors (Lipinski definition) is 2. The molecule has 2 aromatic carbocycles. The summed E-state index contributed by atoms with van der Waals surface area (Å²) in [5, 5.41) is 7.00. The van der Waals surface area contributed by atoms with Crippen molar-refractivity contribution in [1.29, 1.82) is 0 Å². The van der Waals surface area contributed by atoms with Gasteiger partial charge in [0.1, 0.15) is 0 Å². The van der Waals surface area contributed by atoms with E-state index in [0.29, 0.717) is 29.3 Å². The summed E-state index contributed by atoms with van der Waals surface area (Å²) in [6.45, 7) is 4.20. The van der Waals surface area contributed by atoms with Gasteiger partial charge in [0.2, 0.25) is 0 Å². The van der Waals surface area contributed by atoms with Crippen LogP contribution >= 0.6 is 0 Å². The summed E-state index contributed by atoms with van der Waals surface area (Å²) in [5.74, 6) is 1.15. The minimum atomic E-state index is -0.113. The fourth-order valence-corrected chi connectivity index (χ4v) is 3.04. The molecule has 1 heterocycles. The molecular formula is C22H25N3O3. The molecule has 0 saturated heterocycles. The van der Waals surface area contributed by atoms with Gasteiger partial charge in [0, 0.05) is 24.0 Å². The number of nitrogens with one attached hydrogen (secondary N) is 2. The number of methoxy groups -OCH3 is 2. The zero-order valence-electron chi connectivity index (χ0n) is 16.4. The molecule has 1 amide bonds. The van der Waals surface area contributed by atoms with Crippen molar-refractivity contribution in [2.75, 3.05) is 33.9 Å². The molecule has 2 N–H and O–H groups in total. The van der Waals surface area contributed by atoms with Gasteiger partial charge in [0.25, 0.3) is 5.91 Å². The molecule has 0 bridgehead atoms. The highest BCUT2D eigenvalue weighted by Crippen LogP contribution is 2.33. The van der Waals surface area contributed by atoms with E-state index in [1.165, 1.54) is 0 Å². The number of benzene rings is 2. The lowest BCUT2D eigenvalue weighted by atomic mass is 10.0. The van der Waals surface area contributed by atoms with E-state index in [9.17, 15) is 4.79 Å². The van der Waals surface area contributed by atoms with Gasteiger partial charge in [-0.05, 0) is 36.9 Å². The predicted molar refractivity (Wildman–Crippen MR) is 111 cm³/mol. The van der Waals surface area contributed by atoms with Crippen molar-refractivity contribution in [2.24, 2.45) is 0 Å². The van der Waals surface area contributed by atoms with Crippen LogP contribution in [0.3, 0.4) is 0 Å². The number of likely N-dealkylation sites (N-methyl/N-ethyl adjacent to an activating group) is 1. The molecule has 0 fully saturated rings. The van der Waals surface area contributed by atoms with E-state index in [4.69, 9.17) is 14.5 Å². The molecule has 0 unspecified atom stereocenters. The van der Waals surface area contributed by atoms with Crippen molar-refractivity contribution >= 4 is 16.8 Å². The Morgan fingerprint density at radius 3 is 2.54 bits per heavy atom. The Morgan fingerprint density at radius 2 is 1.79 bits per heavy atom. The maximum Gasteiger partial charge on any atom is 0.252 e. The molecule has 3 aromatic rings. The van der Waals surface area contributed by atoms with Crippen molar-refractivity contribution in [3.8, 4) is 22.8 Å². The summed E-state index contributed by atoms with van der Waals surface area (Å²) in [7, 11) is 3.19. The van der Waals surface area contributed by atoms with Crippen LogP contribution < -0.4 is 20.1 Å². The van der Waals surface area contributed by atoms with Crippen LogP contribution in [0.5, 0.6) is 11.5 Å². The van der Waals surface area contributed by atoms with Crippen molar-refractivity contribution in [2.45, 2.75) is 6.92 Å². The van der Waals surface area contributed by atoms with Crippen LogP contribution in [-0.4, -0.2) is 44.7 Å². The number of rotatable bonds is 8. The predicted octanol–water partition coefficient (Wildman–Crippen LogP) is 3.26. The number of amides is 1. The molecule has 0 aliphatic heterocycles. The van der Waals surface area contributed by atoms with E-state index in [1.807, 2.05) is 55.5 Å². The molecule has 6 nitrogen and oxygen atoms in total. The van der Waals surface area contributed by atoms with Gasteiger partial charge in [0.15, 0.2) is 11.5 Å². The van der Waals surface area contributed by atoms with Gasteiger partial charge < -0.3 is 20.1 Å². The van der Waals surface area contributed by atoms with Gasteiger partial charge in [-0.15, -0.1) is 0 Å². The Labute approximate surface area is 164 Å². The van der Waals surface area contributed by atoms with Crippen LogP contribution in [0.25, 0.3) is 22.2 Å². The number of ether oxygens (including phenoxy) is 2. The third-order valence-electron chi connectivity index (χ3n) is 4.48. The minimum absolute atomic E-state index is 0.113. The first-order chi connectivity index (χ1) is 13.7. The average molecular weight is 379 g/mol. The van der Waals surface area contributed by atoms with Gasteiger partial charge in [0.05, 0.1) is 31.0 Å². The first-order valence-electron chi connectivity index (χ1n) is 9.29. The molecule has 0 aliphatic rings. The molecule has 146 valence electrons. The second kappa shape index (κ2) is 9.19. The van der Waals surface area contributed by atoms with E-state index in [0.717, 1.165) is 29.6 Å². The largest absolute Gasteiger partial charge is 0.493 e. The zero-order chi connectivity index (χ0) is 19.9. The SMILES string of the molecule is CCNCCNC(=O)c1cc(-c2ccc(OC)c(OC)c2)nc2ccccc12. The summed E-state index contributed by atoms with van der Waals surface area (Å²) in [6, 6.07) is 15.1. The number of carbonyl (C=O) groups excluding carboxylic acids is 1. The van der Waals surface area contributed by atoms with Gasteiger partial charge in [-0.2, -0.15) is 0 Å². The van der Waals surface area contributed by atoms with E-state index in [1.54, 1.807) is 14.2 Å². The highest BCUT2D eigenvalue weighted by atomic mass is 16.5. The number of para-hydroxylation sites is 1. The summed E-state index contributed by atoms with van der Waals surface area (Å²) in [6.07, 6.45) is 0. The number of fused-ring (bicyclic) bond motifs is 1. The Kier molecular flexibility index (Phi) is 6.45. The summed E-state index contributed by atoms with van der Waals surface area (Å²) in [5.41, 5.74) is 2.93. The quantitative estimate of drug-likeness (QED) is 0.588. The van der Waals surface area contributed by atoms with Crippen LogP contribution in [0.4, 0.5) is 0 Å². The van der Waals surface area contributed by atoms with Crippen LogP contribution in [0.1, 0.15) is 17.3 Å². The first-order valence-corrected chi connectivity index (χ1v) is 9.29. The lowest BCUT2D eigenvalue weighted by Crippen LogP contribution is -2.31. The van der Waals surface area contributed by atoms with Crippen LogP contribution in [0.15, 0.2) is 48.5 Å². The van der Waals surface area contributed by atoms with Gasteiger partial charge >= 0.3 is 0 Å². The molecule has 3 rings (SSSR count). The summed E-state index contributed by atoms with van der Waals surface area (Å²) < 4.78 is 10.7.